The van der Waals surface area contributed by atoms with Crippen LogP contribution >= 0.6 is 0 Å². The zero-order valence-electron chi connectivity index (χ0n) is 14.0. The Morgan fingerprint density at radius 1 is 1.24 bits per heavy atom. The van der Waals surface area contributed by atoms with E-state index in [1.807, 2.05) is 6.07 Å². The van der Waals surface area contributed by atoms with Crippen LogP contribution in [-0.2, 0) is 0 Å². The van der Waals surface area contributed by atoms with Crippen molar-refractivity contribution < 1.29 is 14.3 Å². The third-order valence-corrected chi connectivity index (χ3v) is 3.76. The molecule has 0 aliphatic carbocycles. The molecule has 0 radical (unpaired) electrons. The van der Waals surface area contributed by atoms with Gasteiger partial charge in [0, 0.05) is 23.7 Å². The largest absolute Gasteiger partial charge is 0.478 e. The van der Waals surface area contributed by atoms with E-state index in [-0.39, 0.29) is 5.56 Å². The van der Waals surface area contributed by atoms with E-state index in [2.05, 4.69) is 29.1 Å². The van der Waals surface area contributed by atoms with E-state index in [9.17, 15) is 9.18 Å². The minimum absolute atomic E-state index is 0.209. The van der Waals surface area contributed by atoms with Crippen LogP contribution in [0.4, 0.5) is 10.1 Å². The number of halogens is 1. The maximum Gasteiger partial charge on any atom is 0.335 e. The Morgan fingerprint density at radius 2 is 2.04 bits per heavy atom. The Balaban J connectivity index is 2.15. The second-order valence-electron chi connectivity index (χ2n) is 6.24. The highest BCUT2D eigenvalue weighted by atomic mass is 19.1. The fourth-order valence-corrected chi connectivity index (χ4v) is 2.49. The number of carboxylic acid groups (broad SMARTS) is 1. The summed E-state index contributed by atoms with van der Waals surface area (Å²) in [5.74, 6) is -1.11. The summed E-state index contributed by atoms with van der Waals surface area (Å²) in [4.78, 5) is 19.5. The molecule has 1 aromatic carbocycles. The maximum atomic E-state index is 13.1. The molecule has 3 aromatic rings. The quantitative estimate of drug-likeness (QED) is 0.681. The molecule has 0 atom stereocenters. The number of nitrogens with zero attached hydrogens (tertiary/aromatic N) is 2. The Kier molecular flexibility index (Phi) is 4.61. The molecule has 5 nitrogen and oxygen atoms in total. The molecule has 6 heteroatoms. The van der Waals surface area contributed by atoms with Crippen LogP contribution in [0.3, 0.4) is 0 Å². The van der Waals surface area contributed by atoms with Gasteiger partial charge in [-0.05, 0) is 42.3 Å². The van der Waals surface area contributed by atoms with Crippen molar-refractivity contribution in [2.24, 2.45) is 5.92 Å². The number of pyridine rings is 2. The average Bonchev–Trinajstić information content (AvgIpc) is 2.59. The summed E-state index contributed by atoms with van der Waals surface area (Å²) in [7, 11) is 0. The standard InChI is InChI=1S/C19H18FN3O2/c1-11(2)9-21-16-8-14-7-12(19(24)25)3-5-15(14)23-18(16)13-4-6-17(20)22-10-13/h3-8,10-11,21H,9H2,1-2H3,(H,24,25). The molecule has 0 aliphatic rings. The zero-order chi connectivity index (χ0) is 18.0. The van der Waals surface area contributed by atoms with Gasteiger partial charge in [-0.15, -0.1) is 0 Å². The monoisotopic (exact) mass is 339 g/mol. The molecule has 25 heavy (non-hydrogen) atoms. The molecule has 2 aromatic heterocycles. The summed E-state index contributed by atoms with van der Waals surface area (Å²) in [6.45, 7) is 4.90. The van der Waals surface area contributed by atoms with Gasteiger partial charge in [0.15, 0.2) is 0 Å². The van der Waals surface area contributed by atoms with Crippen LogP contribution in [0.5, 0.6) is 0 Å². The van der Waals surface area contributed by atoms with Crippen molar-refractivity contribution >= 4 is 22.6 Å². The summed E-state index contributed by atoms with van der Waals surface area (Å²) in [5, 5.41) is 13.2. The van der Waals surface area contributed by atoms with Gasteiger partial charge in [-0.25, -0.2) is 14.8 Å². The second kappa shape index (κ2) is 6.84. The first-order valence-corrected chi connectivity index (χ1v) is 7.98. The number of carbonyl (C=O) groups is 1. The number of benzene rings is 1. The van der Waals surface area contributed by atoms with Gasteiger partial charge in [-0.2, -0.15) is 4.39 Å². The lowest BCUT2D eigenvalue weighted by Gasteiger charge is -2.14. The van der Waals surface area contributed by atoms with Crippen LogP contribution < -0.4 is 5.32 Å². The number of hydrogen-bond donors (Lipinski definition) is 2. The number of hydrogen-bond acceptors (Lipinski definition) is 4. The molecule has 0 saturated carbocycles. The van der Waals surface area contributed by atoms with Crippen molar-refractivity contribution in [3.8, 4) is 11.3 Å². The number of anilines is 1. The van der Waals surface area contributed by atoms with Crippen molar-refractivity contribution in [1.82, 2.24) is 9.97 Å². The molecule has 3 rings (SSSR count). The van der Waals surface area contributed by atoms with E-state index in [1.54, 1.807) is 18.2 Å². The average molecular weight is 339 g/mol. The van der Waals surface area contributed by atoms with E-state index in [1.165, 1.54) is 18.3 Å². The third-order valence-electron chi connectivity index (χ3n) is 3.76. The summed E-state index contributed by atoms with van der Waals surface area (Å²) < 4.78 is 13.1. The molecule has 0 amide bonds. The van der Waals surface area contributed by atoms with Gasteiger partial charge in [-0.3, -0.25) is 0 Å². The normalized spacial score (nSPS) is 11.0. The van der Waals surface area contributed by atoms with Crippen molar-refractivity contribution in [1.29, 1.82) is 0 Å². The van der Waals surface area contributed by atoms with Crippen LogP contribution in [0.2, 0.25) is 0 Å². The first-order valence-electron chi connectivity index (χ1n) is 7.98. The van der Waals surface area contributed by atoms with E-state index in [0.717, 1.165) is 17.6 Å². The van der Waals surface area contributed by atoms with Crippen molar-refractivity contribution in [3.05, 3.63) is 54.1 Å². The lowest BCUT2D eigenvalue weighted by molar-refractivity contribution is 0.0697. The highest BCUT2D eigenvalue weighted by molar-refractivity contribution is 5.95. The van der Waals surface area contributed by atoms with Gasteiger partial charge in [0.05, 0.1) is 22.5 Å². The highest BCUT2D eigenvalue weighted by Gasteiger charge is 2.12. The summed E-state index contributed by atoms with van der Waals surface area (Å²) in [5.41, 5.74) is 2.98. The molecule has 0 aliphatic heterocycles. The SMILES string of the molecule is CC(C)CNc1cc2cc(C(=O)O)ccc2nc1-c1ccc(F)nc1. The van der Waals surface area contributed by atoms with E-state index >= 15 is 0 Å². The van der Waals surface area contributed by atoms with E-state index in [4.69, 9.17) is 5.11 Å². The molecule has 0 bridgehead atoms. The van der Waals surface area contributed by atoms with E-state index < -0.39 is 11.9 Å². The molecule has 2 heterocycles. The van der Waals surface area contributed by atoms with Gasteiger partial charge in [0.1, 0.15) is 0 Å². The number of nitrogens with one attached hydrogen (secondary N) is 1. The van der Waals surface area contributed by atoms with Gasteiger partial charge in [0.25, 0.3) is 0 Å². The van der Waals surface area contributed by atoms with Crippen LogP contribution in [0.25, 0.3) is 22.2 Å². The Morgan fingerprint density at radius 3 is 2.68 bits per heavy atom. The minimum Gasteiger partial charge on any atom is -0.478 e. The van der Waals surface area contributed by atoms with Gasteiger partial charge < -0.3 is 10.4 Å². The predicted octanol–water partition coefficient (Wildman–Crippen LogP) is 4.20. The van der Waals surface area contributed by atoms with Crippen molar-refractivity contribution in [2.45, 2.75) is 13.8 Å². The summed E-state index contributed by atoms with van der Waals surface area (Å²) in [6.07, 6.45) is 1.44. The Labute approximate surface area is 144 Å². The molecule has 0 unspecified atom stereocenters. The zero-order valence-corrected chi connectivity index (χ0v) is 14.0. The summed E-state index contributed by atoms with van der Waals surface area (Å²) >= 11 is 0. The molecule has 128 valence electrons. The Hall–Kier alpha value is -3.02. The molecule has 0 fully saturated rings. The fraction of sp³-hybridized carbons (Fsp3) is 0.211. The molecule has 0 saturated heterocycles. The lowest BCUT2D eigenvalue weighted by Crippen LogP contribution is -2.09. The molecular weight excluding hydrogens is 321 g/mol. The fourth-order valence-electron chi connectivity index (χ4n) is 2.49. The second-order valence-corrected chi connectivity index (χ2v) is 6.24. The smallest absolute Gasteiger partial charge is 0.335 e. The highest BCUT2D eigenvalue weighted by Crippen LogP contribution is 2.30. The predicted molar refractivity (Wildman–Crippen MR) is 95.2 cm³/mol. The first-order chi connectivity index (χ1) is 11.9. The molecule has 2 N–H and O–H groups in total. The van der Waals surface area contributed by atoms with Crippen molar-refractivity contribution in [2.75, 3.05) is 11.9 Å². The lowest BCUT2D eigenvalue weighted by atomic mass is 10.1. The molecular formula is C19H18FN3O2. The number of carboxylic acids is 1. The third kappa shape index (κ3) is 3.74. The number of aromatic nitrogens is 2. The number of aromatic carboxylic acids is 1. The first kappa shape index (κ1) is 16.8. The van der Waals surface area contributed by atoms with Crippen LogP contribution in [0.1, 0.15) is 24.2 Å². The Bertz CT molecular complexity index is 924. The van der Waals surface area contributed by atoms with Gasteiger partial charge >= 0.3 is 5.97 Å². The van der Waals surface area contributed by atoms with Crippen LogP contribution in [0.15, 0.2) is 42.6 Å². The maximum absolute atomic E-state index is 13.1. The van der Waals surface area contributed by atoms with Crippen molar-refractivity contribution in [3.63, 3.8) is 0 Å². The summed E-state index contributed by atoms with van der Waals surface area (Å²) in [6, 6.07) is 9.58. The number of rotatable bonds is 5. The minimum atomic E-state index is -0.981. The number of fused-ring (bicyclic) bond motifs is 1. The molecule has 0 spiro atoms. The van der Waals surface area contributed by atoms with Gasteiger partial charge in [0.2, 0.25) is 5.95 Å². The topological polar surface area (TPSA) is 75.1 Å². The van der Waals surface area contributed by atoms with Crippen LogP contribution in [-0.4, -0.2) is 27.6 Å². The van der Waals surface area contributed by atoms with E-state index in [0.29, 0.717) is 22.7 Å². The van der Waals surface area contributed by atoms with Crippen LogP contribution in [0, 0.1) is 11.9 Å². The van der Waals surface area contributed by atoms with Gasteiger partial charge in [-0.1, -0.05) is 13.8 Å².